The van der Waals surface area contributed by atoms with Gasteiger partial charge in [0.05, 0.1) is 6.61 Å². The average Bonchev–Trinajstić information content (AvgIpc) is 3.15. The lowest BCUT2D eigenvalue weighted by molar-refractivity contribution is -0.122. The van der Waals surface area contributed by atoms with E-state index in [1.807, 2.05) is 23.5 Å². The maximum absolute atomic E-state index is 12.5. The fourth-order valence-corrected chi connectivity index (χ4v) is 5.66. The molecule has 3 heterocycles. The Hall–Kier alpha value is -1.89. The standard InChI is InChI=1S/C24H32N2O3S/c1-18-7-8-20(30-18)17-26-12-9-24(10-13-26)16-19(15-23(27)25-11-14-28-2)21-5-3-4-6-22(21)29-24/h3-8,19H,9-17H2,1-2H3,(H,25,27)/t19-/m0/s1. The molecule has 0 radical (unpaired) electrons. The van der Waals surface area contributed by atoms with Crippen LogP contribution in [0.2, 0.25) is 0 Å². The number of thiophene rings is 1. The summed E-state index contributed by atoms with van der Waals surface area (Å²) in [5.41, 5.74) is 1.01. The molecule has 2 aliphatic rings. The maximum Gasteiger partial charge on any atom is 0.220 e. The molecule has 0 unspecified atom stereocenters. The Balaban J connectivity index is 1.41. The van der Waals surface area contributed by atoms with Gasteiger partial charge in [0.15, 0.2) is 0 Å². The van der Waals surface area contributed by atoms with Crippen molar-refractivity contribution in [2.75, 3.05) is 33.4 Å². The summed E-state index contributed by atoms with van der Waals surface area (Å²) >= 11 is 1.89. The van der Waals surface area contributed by atoms with Crippen molar-refractivity contribution < 1.29 is 14.3 Å². The van der Waals surface area contributed by atoms with Crippen LogP contribution in [-0.2, 0) is 16.1 Å². The van der Waals surface area contributed by atoms with Crippen molar-refractivity contribution in [3.05, 3.63) is 51.7 Å². The van der Waals surface area contributed by atoms with Crippen molar-refractivity contribution in [3.63, 3.8) is 0 Å². The third-order valence-electron chi connectivity index (χ3n) is 6.31. The van der Waals surface area contributed by atoms with Gasteiger partial charge in [0.1, 0.15) is 11.4 Å². The molecule has 4 rings (SSSR count). The molecular formula is C24H32N2O3S. The van der Waals surface area contributed by atoms with Gasteiger partial charge in [-0.25, -0.2) is 0 Å². The van der Waals surface area contributed by atoms with Gasteiger partial charge in [0, 0.05) is 55.4 Å². The van der Waals surface area contributed by atoms with Crippen LogP contribution in [0.25, 0.3) is 0 Å². The maximum atomic E-state index is 12.5. The fraction of sp³-hybridized carbons (Fsp3) is 0.542. The van der Waals surface area contributed by atoms with E-state index in [-0.39, 0.29) is 17.4 Å². The second-order valence-corrected chi connectivity index (χ2v) is 9.93. The number of amides is 1. The topological polar surface area (TPSA) is 50.8 Å². The number of methoxy groups -OCH3 is 1. The summed E-state index contributed by atoms with van der Waals surface area (Å²) in [6.07, 6.45) is 3.43. The number of carbonyl (C=O) groups excluding carboxylic acids is 1. The van der Waals surface area contributed by atoms with Crippen LogP contribution in [0, 0.1) is 6.92 Å². The number of fused-ring (bicyclic) bond motifs is 1. The minimum atomic E-state index is -0.159. The molecule has 1 saturated heterocycles. The highest BCUT2D eigenvalue weighted by molar-refractivity contribution is 7.11. The van der Waals surface area contributed by atoms with Crippen LogP contribution >= 0.6 is 11.3 Å². The van der Waals surface area contributed by atoms with Crippen LogP contribution in [0.15, 0.2) is 36.4 Å². The van der Waals surface area contributed by atoms with E-state index in [9.17, 15) is 4.79 Å². The van der Waals surface area contributed by atoms with Crippen LogP contribution in [0.1, 0.15) is 46.9 Å². The lowest BCUT2D eigenvalue weighted by Gasteiger charge is -2.47. The van der Waals surface area contributed by atoms with Crippen molar-refractivity contribution in [2.24, 2.45) is 0 Å². The van der Waals surface area contributed by atoms with Crippen molar-refractivity contribution in [2.45, 2.75) is 50.7 Å². The molecule has 2 aliphatic heterocycles. The Morgan fingerprint density at radius 3 is 2.80 bits per heavy atom. The van der Waals surface area contributed by atoms with E-state index in [1.54, 1.807) is 7.11 Å². The minimum Gasteiger partial charge on any atom is -0.487 e. The van der Waals surface area contributed by atoms with Gasteiger partial charge in [-0.1, -0.05) is 18.2 Å². The van der Waals surface area contributed by atoms with E-state index in [4.69, 9.17) is 9.47 Å². The number of carbonyl (C=O) groups is 1. The Morgan fingerprint density at radius 1 is 1.27 bits per heavy atom. The van der Waals surface area contributed by atoms with E-state index in [1.165, 1.54) is 15.3 Å². The zero-order valence-corrected chi connectivity index (χ0v) is 18.8. The van der Waals surface area contributed by atoms with Gasteiger partial charge in [-0.05, 0) is 49.9 Å². The molecule has 6 heteroatoms. The first-order valence-electron chi connectivity index (χ1n) is 10.9. The summed E-state index contributed by atoms with van der Waals surface area (Å²) < 4.78 is 11.6. The Labute approximate surface area is 183 Å². The summed E-state index contributed by atoms with van der Waals surface area (Å²) in [5.74, 6) is 1.25. The second-order valence-electron chi connectivity index (χ2n) is 8.56. The molecule has 1 aromatic carbocycles. The SMILES string of the molecule is COCCNC(=O)C[C@H]1CC2(CCN(Cc3ccc(C)s3)CC2)Oc2ccccc21. The number of nitrogens with zero attached hydrogens (tertiary/aromatic N) is 1. The molecule has 1 aromatic heterocycles. The Kier molecular flexibility index (Phi) is 6.76. The number of hydrogen-bond acceptors (Lipinski definition) is 5. The smallest absolute Gasteiger partial charge is 0.220 e. The zero-order valence-electron chi connectivity index (χ0n) is 18.0. The Bertz CT molecular complexity index is 858. The van der Waals surface area contributed by atoms with Gasteiger partial charge < -0.3 is 14.8 Å². The van der Waals surface area contributed by atoms with E-state index >= 15 is 0 Å². The molecule has 1 N–H and O–H groups in total. The highest BCUT2D eigenvalue weighted by Gasteiger charge is 2.43. The lowest BCUT2D eigenvalue weighted by atomic mass is 9.76. The third-order valence-corrected chi connectivity index (χ3v) is 7.29. The van der Waals surface area contributed by atoms with Gasteiger partial charge in [-0.3, -0.25) is 9.69 Å². The molecule has 0 saturated carbocycles. The number of para-hydroxylation sites is 1. The number of hydrogen-bond donors (Lipinski definition) is 1. The van der Waals surface area contributed by atoms with E-state index < -0.39 is 0 Å². The van der Waals surface area contributed by atoms with Crippen molar-refractivity contribution in [1.29, 1.82) is 0 Å². The Morgan fingerprint density at radius 2 is 2.07 bits per heavy atom. The number of rotatable bonds is 7. The van der Waals surface area contributed by atoms with Crippen LogP contribution in [-0.4, -0.2) is 49.8 Å². The number of benzene rings is 1. The lowest BCUT2D eigenvalue weighted by Crippen LogP contribution is -2.50. The first-order valence-corrected chi connectivity index (χ1v) is 11.7. The third kappa shape index (κ3) is 5.05. The molecule has 5 nitrogen and oxygen atoms in total. The van der Waals surface area contributed by atoms with Crippen LogP contribution < -0.4 is 10.1 Å². The molecule has 1 spiro atoms. The van der Waals surface area contributed by atoms with Crippen LogP contribution in [0.3, 0.4) is 0 Å². The molecule has 0 aliphatic carbocycles. The van der Waals surface area contributed by atoms with Crippen molar-refractivity contribution in [3.8, 4) is 5.75 Å². The van der Waals surface area contributed by atoms with E-state index in [0.717, 1.165) is 44.6 Å². The van der Waals surface area contributed by atoms with Gasteiger partial charge in [0.25, 0.3) is 0 Å². The van der Waals surface area contributed by atoms with Gasteiger partial charge >= 0.3 is 0 Å². The quantitative estimate of drug-likeness (QED) is 0.675. The summed E-state index contributed by atoms with van der Waals surface area (Å²) in [6, 6.07) is 12.7. The molecule has 2 aromatic rings. The second kappa shape index (κ2) is 9.50. The normalized spacial score (nSPS) is 20.5. The van der Waals surface area contributed by atoms with Crippen molar-refractivity contribution in [1.82, 2.24) is 10.2 Å². The molecular weight excluding hydrogens is 396 g/mol. The van der Waals surface area contributed by atoms with Gasteiger partial charge in [-0.2, -0.15) is 0 Å². The molecule has 162 valence electrons. The number of likely N-dealkylation sites (tertiary alicyclic amines) is 1. The highest BCUT2D eigenvalue weighted by Crippen LogP contribution is 2.46. The molecule has 30 heavy (non-hydrogen) atoms. The summed E-state index contributed by atoms with van der Waals surface area (Å²) in [5, 5.41) is 2.98. The number of ether oxygens (including phenoxy) is 2. The largest absolute Gasteiger partial charge is 0.487 e. The number of piperidine rings is 1. The predicted molar refractivity (Wildman–Crippen MR) is 120 cm³/mol. The predicted octanol–water partition coefficient (Wildman–Crippen LogP) is 4.11. The first-order chi connectivity index (χ1) is 14.6. The van der Waals surface area contributed by atoms with Gasteiger partial charge in [-0.15, -0.1) is 11.3 Å². The number of aryl methyl sites for hydroxylation is 1. The molecule has 0 bridgehead atoms. The van der Waals surface area contributed by atoms with Crippen LogP contribution in [0.4, 0.5) is 0 Å². The first kappa shape index (κ1) is 21.3. The number of nitrogens with one attached hydrogen (secondary N) is 1. The van der Waals surface area contributed by atoms with Crippen molar-refractivity contribution >= 4 is 17.2 Å². The zero-order chi connectivity index (χ0) is 21.0. The van der Waals surface area contributed by atoms with Crippen LogP contribution in [0.5, 0.6) is 5.75 Å². The monoisotopic (exact) mass is 428 g/mol. The average molecular weight is 429 g/mol. The van der Waals surface area contributed by atoms with Gasteiger partial charge in [0.2, 0.25) is 5.91 Å². The summed E-state index contributed by atoms with van der Waals surface area (Å²) in [4.78, 5) is 17.9. The minimum absolute atomic E-state index is 0.0920. The summed E-state index contributed by atoms with van der Waals surface area (Å²) in [6.45, 7) is 6.36. The highest BCUT2D eigenvalue weighted by atomic mass is 32.1. The summed E-state index contributed by atoms with van der Waals surface area (Å²) in [7, 11) is 1.65. The molecule has 1 amide bonds. The molecule has 1 atom stereocenters. The fourth-order valence-electron chi connectivity index (χ4n) is 4.73. The molecule has 1 fully saturated rings. The van der Waals surface area contributed by atoms with E-state index in [0.29, 0.717) is 19.6 Å². The van der Waals surface area contributed by atoms with E-state index in [2.05, 4.69) is 41.4 Å².